The van der Waals surface area contributed by atoms with Gasteiger partial charge in [-0.2, -0.15) is 0 Å². The summed E-state index contributed by atoms with van der Waals surface area (Å²) < 4.78 is 1.49. The quantitative estimate of drug-likeness (QED) is 0.681. The summed E-state index contributed by atoms with van der Waals surface area (Å²) in [7, 11) is 3.54. The second-order valence-electron chi connectivity index (χ2n) is 4.38. The highest BCUT2D eigenvalue weighted by Crippen LogP contribution is 2.24. The minimum Gasteiger partial charge on any atom is -0.377 e. The van der Waals surface area contributed by atoms with Crippen LogP contribution >= 0.6 is 0 Å². The first-order chi connectivity index (χ1) is 9.49. The van der Waals surface area contributed by atoms with Gasteiger partial charge < -0.3 is 4.90 Å². The molecule has 20 heavy (non-hydrogen) atoms. The van der Waals surface area contributed by atoms with E-state index in [-0.39, 0.29) is 11.3 Å². The standard InChI is InChI=1S/C13H14N4O3/c1-15(2)12-6-5-10(17(19)20)9-11(12)13(18)14-16-7-3-4-8-16/h3-9H,1-2H3,(H,14,18). The first-order valence-electron chi connectivity index (χ1n) is 5.89. The molecule has 0 bridgehead atoms. The topological polar surface area (TPSA) is 80.4 Å². The molecule has 0 saturated heterocycles. The molecule has 0 unspecified atom stereocenters. The van der Waals surface area contributed by atoms with Gasteiger partial charge in [0, 0.05) is 44.3 Å². The first-order valence-corrected chi connectivity index (χ1v) is 5.89. The van der Waals surface area contributed by atoms with Gasteiger partial charge in [-0.05, 0) is 18.2 Å². The summed E-state index contributed by atoms with van der Waals surface area (Å²) in [5.74, 6) is -0.409. The van der Waals surface area contributed by atoms with Crippen LogP contribution in [0, 0.1) is 10.1 Å². The van der Waals surface area contributed by atoms with Crippen LogP contribution in [0.1, 0.15) is 10.4 Å². The van der Waals surface area contributed by atoms with Crippen LogP contribution in [-0.4, -0.2) is 29.6 Å². The minimum atomic E-state index is -0.522. The second kappa shape index (κ2) is 5.43. The largest absolute Gasteiger partial charge is 0.377 e. The molecule has 7 nitrogen and oxygen atoms in total. The molecule has 0 aliphatic carbocycles. The average molecular weight is 274 g/mol. The smallest absolute Gasteiger partial charge is 0.272 e. The van der Waals surface area contributed by atoms with E-state index in [0.717, 1.165) is 0 Å². The highest BCUT2D eigenvalue weighted by atomic mass is 16.6. The van der Waals surface area contributed by atoms with Gasteiger partial charge in [0.1, 0.15) is 0 Å². The molecule has 0 atom stereocenters. The van der Waals surface area contributed by atoms with Crippen LogP contribution in [0.4, 0.5) is 11.4 Å². The average Bonchev–Trinajstić information content (AvgIpc) is 2.90. The Morgan fingerprint density at radius 1 is 1.30 bits per heavy atom. The number of nitrogens with one attached hydrogen (secondary N) is 1. The molecule has 0 aliphatic heterocycles. The number of hydrogen-bond donors (Lipinski definition) is 1. The first kappa shape index (κ1) is 13.6. The third kappa shape index (κ3) is 2.77. The summed E-state index contributed by atoms with van der Waals surface area (Å²) in [4.78, 5) is 24.3. The molecule has 7 heteroatoms. The van der Waals surface area contributed by atoms with E-state index in [0.29, 0.717) is 5.69 Å². The summed E-state index contributed by atoms with van der Waals surface area (Å²) in [6.45, 7) is 0. The number of amides is 1. The Morgan fingerprint density at radius 3 is 2.50 bits per heavy atom. The number of hydrogen-bond acceptors (Lipinski definition) is 4. The number of benzene rings is 1. The van der Waals surface area contributed by atoms with Gasteiger partial charge in [0.15, 0.2) is 0 Å². The normalized spacial score (nSPS) is 10.1. The van der Waals surface area contributed by atoms with Gasteiger partial charge in [0.25, 0.3) is 11.6 Å². The van der Waals surface area contributed by atoms with E-state index in [1.54, 1.807) is 49.6 Å². The van der Waals surface area contributed by atoms with Crippen LogP contribution in [0.2, 0.25) is 0 Å². The highest BCUT2D eigenvalue weighted by Gasteiger charge is 2.18. The second-order valence-corrected chi connectivity index (χ2v) is 4.38. The predicted octanol–water partition coefficient (Wildman–Crippen LogP) is 1.85. The lowest BCUT2D eigenvalue weighted by Gasteiger charge is -2.17. The van der Waals surface area contributed by atoms with Crippen LogP contribution in [0.5, 0.6) is 0 Å². The summed E-state index contributed by atoms with van der Waals surface area (Å²) in [5.41, 5.74) is 3.37. The van der Waals surface area contributed by atoms with Crippen LogP contribution in [0.25, 0.3) is 0 Å². The monoisotopic (exact) mass is 274 g/mol. The van der Waals surface area contributed by atoms with Crippen LogP contribution in [0.3, 0.4) is 0 Å². The van der Waals surface area contributed by atoms with Crippen molar-refractivity contribution in [1.29, 1.82) is 0 Å². The van der Waals surface area contributed by atoms with Gasteiger partial charge in [0.05, 0.1) is 10.5 Å². The fourth-order valence-electron chi connectivity index (χ4n) is 1.80. The van der Waals surface area contributed by atoms with Crippen molar-refractivity contribution < 1.29 is 9.72 Å². The van der Waals surface area contributed by atoms with E-state index in [4.69, 9.17) is 0 Å². The molecule has 2 aromatic rings. The Labute approximate surface area is 115 Å². The van der Waals surface area contributed by atoms with E-state index in [2.05, 4.69) is 5.43 Å². The number of anilines is 1. The SMILES string of the molecule is CN(C)c1ccc([N+](=O)[O-])cc1C(=O)Nn1cccc1. The number of non-ortho nitro benzene ring substituents is 1. The zero-order valence-electron chi connectivity index (χ0n) is 11.1. The van der Waals surface area contributed by atoms with E-state index in [1.807, 2.05) is 0 Å². The van der Waals surface area contributed by atoms with Gasteiger partial charge in [-0.1, -0.05) is 0 Å². The van der Waals surface area contributed by atoms with Gasteiger partial charge in [-0.3, -0.25) is 25.0 Å². The van der Waals surface area contributed by atoms with E-state index in [1.165, 1.54) is 16.8 Å². The van der Waals surface area contributed by atoms with Crippen molar-refractivity contribution in [2.24, 2.45) is 0 Å². The molecule has 0 radical (unpaired) electrons. The molecule has 1 aromatic heterocycles. The number of carbonyl (C=O) groups excluding carboxylic acids is 1. The van der Waals surface area contributed by atoms with Crippen molar-refractivity contribution in [3.8, 4) is 0 Å². The van der Waals surface area contributed by atoms with Crippen molar-refractivity contribution in [2.75, 3.05) is 24.4 Å². The van der Waals surface area contributed by atoms with E-state index < -0.39 is 10.8 Å². The Kier molecular flexibility index (Phi) is 3.69. The van der Waals surface area contributed by atoms with Crippen molar-refractivity contribution in [2.45, 2.75) is 0 Å². The summed E-state index contributed by atoms with van der Waals surface area (Å²) in [6, 6.07) is 7.74. The maximum Gasteiger partial charge on any atom is 0.272 e. The molecule has 1 aromatic carbocycles. The molecular weight excluding hydrogens is 260 g/mol. The van der Waals surface area contributed by atoms with Crippen molar-refractivity contribution >= 4 is 17.3 Å². The molecular formula is C13H14N4O3. The fraction of sp³-hybridized carbons (Fsp3) is 0.154. The molecule has 2 rings (SSSR count). The lowest BCUT2D eigenvalue weighted by atomic mass is 10.1. The highest BCUT2D eigenvalue weighted by molar-refractivity contribution is 6.05. The Hall–Kier alpha value is -2.83. The van der Waals surface area contributed by atoms with Gasteiger partial charge in [-0.25, -0.2) is 0 Å². The van der Waals surface area contributed by atoms with Gasteiger partial charge >= 0.3 is 0 Å². The fourth-order valence-corrected chi connectivity index (χ4v) is 1.80. The van der Waals surface area contributed by atoms with Crippen LogP contribution in [-0.2, 0) is 0 Å². The van der Waals surface area contributed by atoms with Crippen molar-refractivity contribution in [3.63, 3.8) is 0 Å². The molecule has 0 fully saturated rings. The van der Waals surface area contributed by atoms with Crippen LogP contribution in [0.15, 0.2) is 42.7 Å². The third-order valence-corrected chi connectivity index (χ3v) is 2.75. The Morgan fingerprint density at radius 2 is 1.95 bits per heavy atom. The Bertz CT molecular complexity index is 635. The number of nitro groups is 1. The molecule has 0 spiro atoms. The predicted molar refractivity (Wildman–Crippen MR) is 75.5 cm³/mol. The maximum absolute atomic E-state index is 12.2. The third-order valence-electron chi connectivity index (χ3n) is 2.75. The van der Waals surface area contributed by atoms with Crippen molar-refractivity contribution in [1.82, 2.24) is 4.68 Å². The Balaban J connectivity index is 2.38. The molecule has 1 heterocycles. The molecule has 1 N–H and O–H groups in total. The van der Waals surface area contributed by atoms with Crippen molar-refractivity contribution in [3.05, 3.63) is 58.4 Å². The molecule has 1 amide bonds. The van der Waals surface area contributed by atoms with Crippen LogP contribution < -0.4 is 10.3 Å². The zero-order valence-corrected chi connectivity index (χ0v) is 11.1. The lowest BCUT2D eigenvalue weighted by molar-refractivity contribution is -0.384. The van der Waals surface area contributed by atoms with E-state index >= 15 is 0 Å². The van der Waals surface area contributed by atoms with Gasteiger partial charge in [0.2, 0.25) is 0 Å². The van der Waals surface area contributed by atoms with Gasteiger partial charge in [-0.15, -0.1) is 0 Å². The zero-order chi connectivity index (χ0) is 14.7. The number of aromatic nitrogens is 1. The lowest BCUT2D eigenvalue weighted by Crippen LogP contribution is -2.24. The number of rotatable bonds is 4. The molecule has 0 aliphatic rings. The summed E-state index contributed by atoms with van der Waals surface area (Å²) in [5, 5.41) is 10.8. The molecule has 104 valence electrons. The van der Waals surface area contributed by atoms with E-state index in [9.17, 15) is 14.9 Å². The maximum atomic E-state index is 12.2. The summed E-state index contributed by atoms with van der Waals surface area (Å²) >= 11 is 0. The number of nitrogens with zero attached hydrogens (tertiary/aromatic N) is 3. The minimum absolute atomic E-state index is 0.117. The summed E-state index contributed by atoms with van der Waals surface area (Å²) in [6.07, 6.45) is 3.34. The molecule has 0 saturated carbocycles. The number of nitro benzene ring substituents is 1. The number of carbonyl (C=O) groups is 1.